The molecule has 4 rings (SSSR count). The number of rotatable bonds is 4. The molecule has 0 saturated heterocycles. The van der Waals surface area contributed by atoms with Crippen LogP contribution in [0, 0.1) is 6.92 Å². The number of pyridine rings is 1. The Morgan fingerprint density at radius 2 is 1.96 bits per heavy atom. The van der Waals surface area contributed by atoms with Crippen LogP contribution in [0.3, 0.4) is 0 Å². The molecule has 1 aliphatic rings. The van der Waals surface area contributed by atoms with Gasteiger partial charge in [0.1, 0.15) is 5.75 Å². The van der Waals surface area contributed by atoms with Gasteiger partial charge >= 0.3 is 0 Å². The number of aryl methyl sites for hydroxylation is 1. The molecule has 0 aliphatic carbocycles. The number of benzene rings is 2. The minimum atomic E-state index is 0.272. The van der Waals surface area contributed by atoms with E-state index < -0.39 is 0 Å². The van der Waals surface area contributed by atoms with E-state index in [-0.39, 0.29) is 6.79 Å². The summed E-state index contributed by atoms with van der Waals surface area (Å²) in [6.45, 7) is 4.87. The minimum Gasteiger partial charge on any atom is -0.494 e. The summed E-state index contributed by atoms with van der Waals surface area (Å²) in [5.41, 5.74) is 3.81. The zero-order chi connectivity index (χ0) is 16.5. The van der Waals surface area contributed by atoms with Crippen LogP contribution in [-0.4, -0.2) is 18.4 Å². The Kier molecular flexibility index (Phi) is 3.61. The number of hydrogen-bond donors (Lipinski definition) is 1. The molecule has 0 fully saturated rings. The van der Waals surface area contributed by atoms with Crippen molar-refractivity contribution < 1.29 is 14.2 Å². The van der Waals surface area contributed by atoms with Crippen LogP contribution in [0.1, 0.15) is 12.6 Å². The normalized spacial score (nSPS) is 12.4. The number of hydrogen-bond acceptors (Lipinski definition) is 5. The van der Waals surface area contributed by atoms with Gasteiger partial charge < -0.3 is 19.5 Å². The zero-order valence-corrected chi connectivity index (χ0v) is 13.6. The molecule has 0 saturated carbocycles. The maximum atomic E-state index is 5.62. The molecule has 24 heavy (non-hydrogen) atoms. The highest BCUT2D eigenvalue weighted by Crippen LogP contribution is 2.36. The second kappa shape index (κ2) is 5.92. The maximum Gasteiger partial charge on any atom is 0.231 e. The Morgan fingerprint density at radius 1 is 1.08 bits per heavy atom. The third-order valence-corrected chi connectivity index (χ3v) is 3.87. The Labute approximate surface area is 140 Å². The molecule has 0 bridgehead atoms. The third-order valence-electron chi connectivity index (χ3n) is 3.87. The molecule has 1 aromatic heterocycles. The molecule has 0 spiro atoms. The van der Waals surface area contributed by atoms with Crippen LogP contribution in [0.25, 0.3) is 10.9 Å². The highest BCUT2D eigenvalue weighted by Gasteiger charge is 2.14. The first-order valence-electron chi connectivity index (χ1n) is 7.94. The largest absolute Gasteiger partial charge is 0.494 e. The van der Waals surface area contributed by atoms with Gasteiger partial charge in [-0.25, -0.2) is 0 Å². The van der Waals surface area contributed by atoms with Crippen LogP contribution in [0.15, 0.2) is 42.5 Å². The van der Waals surface area contributed by atoms with Crippen molar-refractivity contribution in [3.63, 3.8) is 0 Å². The van der Waals surface area contributed by atoms with Gasteiger partial charge in [0.25, 0.3) is 0 Å². The summed E-state index contributed by atoms with van der Waals surface area (Å²) >= 11 is 0. The van der Waals surface area contributed by atoms with E-state index in [0.29, 0.717) is 6.61 Å². The van der Waals surface area contributed by atoms with Gasteiger partial charge in [-0.1, -0.05) is 0 Å². The van der Waals surface area contributed by atoms with Crippen molar-refractivity contribution in [2.45, 2.75) is 13.8 Å². The predicted octanol–water partition coefficient (Wildman–Crippen LogP) is 4.41. The lowest BCUT2D eigenvalue weighted by atomic mass is 10.1. The maximum absolute atomic E-state index is 5.62. The van der Waals surface area contributed by atoms with Gasteiger partial charge in [0, 0.05) is 28.5 Å². The summed E-state index contributed by atoms with van der Waals surface area (Å²) in [6, 6.07) is 13.8. The van der Waals surface area contributed by atoms with E-state index >= 15 is 0 Å². The number of anilines is 2. The monoisotopic (exact) mass is 322 g/mol. The molecule has 5 heteroatoms. The molecule has 1 aliphatic heterocycles. The van der Waals surface area contributed by atoms with Gasteiger partial charge in [0.05, 0.1) is 12.1 Å². The summed E-state index contributed by atoms with van der Waals surface area (Å²) in [7, 11) is 0. The first kappa shape index (κ1) is 14.6. The standard InChI is InChI=1S/C19H18N2O3/c1-3-22-14-5-6-16-15(10-14)17(8-12(2)20-16)21-13-4-7-18-19(9-13)24-11-23-18/h4-10H,3,11H2,1-2H3,(H,20,21). The Bertz CT molecular complexity index is 908. The molecule has 2 aromatic carbocycles. The molecule has 3 aromatic rings. The molecule has 122 valence electrons. The zero-order valence-electron chi connectivity index (χ0n) is 13.6. The molecule has 0 atom stereocenters. The average molecular weight is 322 g/mol. The topological polar surface area (TPSA) is 52.6 Å². The van der Waals surface area contributed by atoms with E-state index in [2.05, 4.69) is 10.3 Å². The van der Waals surface area contributed by atoms with E-state index in [4.69, 9.17) is 14.2 Å². The van der Waals surface area contributed by atoms with Crippen LogP contribution >= 0.6 is 0 Å². The summed E-state index contributed by atoms with van der Waals surface area (Å²) in [4.78, 5) is 4.60. The van der Waals surface area contributed by atoms with Crippen molar-refractivity contribution >= 4 is 22.3 Å². The van der Waals surface area contributed by atoms with E-state index in [0.717, 1.165) is 45.2 Å². The molecule has 0 radical (unpaired) electrons. The van der Waals surface area contributed by atoms with Crippen LogP contribution in [0.4, 0.5) is 11.4 Å². The number of nitrogens with one attached hydrogen (secondary N) is 1. The predicted molar refractivity (Wildman–Crippen MR) is 93.5 cm³/mol. The molecule has 2 heterocycles. The fraction of sp³-hybridized carbons (Fsp3) is 0.211. The van der Waals surface area contributed by atoms with Gasteiger partial charge in [-0.15, -0.1) is 0 Å². The Hall–Kier alpha value is -2.95. The highest BCUT2D eigenvalue weighted by molar-refractivity contribution is 5.94. The van der Waals surface area contributed by atoms with Crippen molar-refractivity contribution in [1.82, 2.24) is 4.98 Å². The summed E-state index contributed by atoms with van der Waals surface area (Å²) < 4.78 is 16.4. The van der Waals surface area contributed by atoms with Crippen molar-refractivity contribution in [2.75, 3.05) is 18.7 Å². The second-order valence-corrected chi connectivity index (χ2v) is 5.62. The van der Waals surface area contributed by atoms with Crippen molar-refractivity contribution in [3.05, 3.63) is 48.2 Å². The van der Waals surface area contributed by atoms with Crippen LogP contribution < -0.4 is 19.5 Å². The molecule has 5 nitrogen and oxygen atoms in total. The second-order valence-electron chi connectivity index (χ2n) is 5.62. The summed E-state index contributed by atoms with van der Waals surface area (Å²) in [6.07, 6.45) is 0. The Balaban J connectivity index is 1.75. The van der Waals surface area contributed by atoms with Gasteiger partial charge in [0.2, 0.25) is 6.79 Å². The molecule has 0 amide bonds. The van der Waals surface area contributed by atoms with Crippen LogP contribution in [0.5, 0.6) is 17.2 Å². The van der Waals surface area contributed by atoms with Gasteiger partial charge in [-0.3, -0.25) is 4.98 Å². The lowest BCUT2D eigenvalue weighted by Crippen LogP contribution is -1.96. The SMILES string of the molecule is CCOc1ccc2nc(C)cc(Nc3ccc4c(c3)OCO4)c2c1. The third kappa shape index (κ3) is 2.69. The average Bonchev–Trinajstić information content (AvgIpc) is 3.03. The lowest BCUT2D eigenvalue weighted by Gasteiger charge is -2.12. The molecular weight excluding hydrogens is 304 g/mol. The minimum absolute atomic E-state index is 0.272. The van der Waals surface area contributed by atoms with Crippen LogP contribution in [-0.2, 0) is 0 Å². The molecular formula is C19H18N2O3. The van der Waals surface area contributed by atoms with Gasteiger partial charge in [0.15, 0.2) is 11.5 Å². The van der Waals surface area contributed by atoms with E-state index in [1.54, 1.807) is 0 Å². The van der Waals surface area contributed by atoms with E-state index in [9.17, 15) is 0 Å². The van der Waals surface area contributed by atoms with Gasteiger partial charge in [-0.2, -0.15) is 0 Å². The molecule has 0 unspecified atom stereocenters. The van der Waals surface area contributed by atoms with Crippen molar-refractivity contribution in [2.24, 2.45) is 0 Å². The first-order chi connectivity index (χ1) is 11.7. The first-order valence-corrected chi connectivity index (χ1v) is 7.94. The Morgan fingerprint density at radius 3 is 2.83 bits per heavy atom. The van der Waals surface area contributed by atoms with Crippen molar-refractivity contribution in [1.29, 1.82) is 0 Å². The number of aromatic nitrogens is 1. The molecule has 1 N–H and O–H groups in total. The highest BCUT2D eigenvalue weighted by atomic mass is 16.7. The number of fused-ring (bicyclic) bond motifs is 2. The smallest absolute Gasteiger partial charge is 0.231 e. The van der Waals surface area contributed by atoms with Gasteiger partial charge in [-0.05, 0) is 50.2 Å². The lowest BCUT2D eigenvalue weighted by molar-refractivity contribution is 0.174. The summed E-state index contributed by atoms with van der Waals surface area (Å²) in [5.74, 6) is 2.37. The summed E-state index contributed by atoms with van der Waals surface area (Å²) in [5, 5.41) is 4.47. The van der Waals surface area contributed by atoms with E-state index in [1.807, 2.05) is 56.3 Å². The fourth-order valence-electron chi connectivity index (χ4n) is 2.83. The fourth-order valence-corrected chi connectivity index (χ4v) is 2.83. The number of nitrogens with zero attached hydrogens (tertiary/aromatic N) is 1. The van der Waals surface area contributed by atoms with E-state index in [1.165, 1.54) is 0 Å². The quantitative estimate of drug-likeness (QED) is 0.771. The van der Waals surface area contributed by atoms with Crippen LogP contribution in [0.2, 0.25) is 0 Å². The van der Waals surface area contributed by atoms with Crippen molar-refractivity contribution in [3.8, 4) is 17.2 Å². The number of ether oxygens (including phenoxy) is 3.